The number of aryl methyl sites for hydroxylation is 2. The molecule has 36 heavy (non-hydrogen) atoms. The Morgan fingerprint density at radius 1 is 1.17 bits per heavy atom. The van der Waals surface area contributed by atoms with Gasteiger partial charge in [-0.05, 0) is 49.1 Å². The summed E-state index contributed by atoms with van der Waals surface area (Å²) in [5.74, 6) is 2.25. The molecule has 0 spiro atoms. The van der Waals surface area contributed by atoms with Crippen molar-refractivity contribution in [3.8, 4) is 22.6 Å². The van der Waals surface area contributed by atoms with E-state index in [9.17, 15) is 0 Å². The van der Waals surface area contributed by atoms with Gasteiger partial charge in [0, 0.05) is 36.3 Å². The lowest BCUT2D eigenvalue weighted by Gasteiger charge is -2.35. The van der Waals surface area contributed by atoms with Crippen LogP contribution in [0.3, 0.4) is 0 Å². The molecule has 0 N–H and O–H groups in total. The van der Waals surface area contributed by atoms with Gasteiger partial charge in [0.05, 0.1) is 30.5 Å². The van der Waals surface area contributed by atoms with Gasteiger partial charge in [0.2, 0.25) is 0 Å². The number of allylic oxidation sites excluding steroid dienone is 1. The molecule has 6 nitrogen and oxygen atoms in total. The third kappa shape index (κ3) is 4.65. The summed E-state index contributed by atoms with van der Waals surface area (Å²) in [5.41, 5.74) is 6.59. The number of benzene rings is 2. The predicted molar refractivity (Wildman–Crippen MR) is 148 cm³/mol. The van der Waals surface area contributed by atoms with E-state index in [-0.39, 0.29) is 6.04 Å². The van der Waals surface area contributed by atoms with Crippen LogP contribution in [0.5, 0.6) is 0 Å². The largest absolute Gasteiger partial charge is 0.377 e. The summed E-state index contributed by atoms with van der Waals surface area (Å²) in [4.78, 5) is 12.7. The van der Waals surface area contributed by atoms with Crippen molar-refractivity contribution in [2.45, 2.75) is 40.2 Å². The fourth-order valence-corrected chi connectivity index (χ4v) is 4.80. The molecular formula is C30H35N5O. The van der Waals surface area contributed by atoms with Crippen LogP contribution in [0.25, 0.3) is 39.6 Å². The fourth-order valence-electron chi connectivity index (χ4n) is 4.80. The zero-order chi connectivity index (χ0) is 25.2. The fraction of sp³-hybridized carbons (Fsp3) is 0.367. The zero-order valence-corrected chi connectivity index (χ0v) is 21.9. The van der Waals surface area contributed by atoms with Crippen LogP contribution in [0.4, 0.5) is 5.82 Å². The molecule has 2 aromatic carbocycles. The molecule has 1 saturated heterocycles. The monoisotopic (exact) mass is 481 g/mol. The van der Waals surface area contributed by atoms with Gasteiger partial charge in [-0.3, -0.25) is 4.68 Å². The first-order chi connectivity index (χ1) is 17.5. The maximum atomic E-state index is 5.75. The van der Waals surface area contributed by atoms with E-state index in [2.05, 4.69) is 86.2 Å². The number of hydrogen-bond acceptors (Lipinski definition) is 5. The third-order valence-electron chi connectivity index (χ3n) is 7.23. The van der Waals surface area contributed by atoms with Crippen LogP contribution in [0.2, 0.25) is 0 Å². The molecule has 2 aromatic heterocycles. The van der Waals surface area contributed by atoms with Crippen molar-refractivity contribution in [2.24, 2.45) is 13.0 Å². The second kappa shape index (κ2) is 10.2. The highest BCUT2D eigenvalue weighted by molar-refractivity contribution is 5.94. The van der Waals surface area contributed by atoms with Gasteiger partial charge >= 0.3 is 0 Å². The number of anilines is 1. The van der Waals surface area contributed by atoms with Crippen LogP contribution in [0.1, 0.15) is 38.3 Å². The van der Waals surface area contributed by atoms with Gasteiger partial charge in [-0.2, -0.15) is 5.10 Å². The summed E-state index contributed by atoms with van der Waals surface area (Å²) in [5, 5.41) is 5.41. The molecule has 6 heteroatoms. The molecule has 0 aliphatic carbocycles. The van der Waals surface area contributed by atoms with E-state index in [1.807, 2.05) is 24.0 Å². The molecule has 5 rings (SSSR count). The number of morpholine rings is 1. The summed E-state index contributed by atoms with van der Waals surface area (Å²) in [6.45, 7) is 11.0. The van der Waals surface area contributed by atoms with Crippen molar-refractivity contribution in [3.05, 3.63) is 65.9 Å². The van der Waals surface area contributed by atoms with Gasteiger partial charge in [0.1, 0.15) is 5.82 Å². The summed E-state index contributed by atoms with van der Waals surface area (Å²) in [7, 11) is 1.97. The lowest BCUT2D eigenvalue weighted by molar-refractivity contribution is 0.0987. The van der Waals surface area contributed by atoms with E-state index in [0.717, 1.165) is 52.3 Å². The third-order valence-corrected chi connectivity index (χ3v) is 7.23. The van der Waals surface area contributed by atoms with Crippen LogP contribution < -0.4 is 4.90 Å². The van der Waals surface area contributed by atoms with E-state index in [1.165, 1.54) is 11.1 Å². The van der Waals surface area contributed by atoms with E-state index in [1.54, 1.807) is 0 Å². The number of fused-ring (bicyclic) bond motifs is 1. The van der Waals surface area contributed by atoms with Crippen molar-refractivity contribution in [1.82, 2.24) is 19.7 Å². The Labute approximate surface area is 213 Å². The number of aromatic nitrogens is 4. The summed E-state index contributed by atoms with van der Waals surface area (Å²) in [6, 6.07) is 15.1. The van der Waals surface area contributed by atoms with Gasteiger partial charge in [-0.1, -0.05) is 56.7 Å². The van der Waals surface area contributed by atoms with Crippen molar-refractivity contribution >= 4 is 22.8 Å². The van der Waals surface area contributed by atoms with Crippen LogP contribution in [-0.2, 0) is 11.8 Å². The maximum Gasteiger partial charge on any atom is 0.162 e. The minimum atomic E-state index is 0.229. The molecule has 4 aromatic rings. The van der Waals surface area contributed by atoms with E-state index in [4.69, 9.17) is 14.7 Å². The summed E-state index contributed by atoms with van der Waals surface area (Å²) in [6.07, 6.45) is 7.48. The average Bonchev–Trinajstić information content (AvgIpc) is 3.32. The normalized spacial score (nSPS) is 17.2. The lowest BCUT2D eigenvalue weighted by atomic mass is 9.98. The Morgan fingerprint density at radius 2 is 2.03 bits per heavy atom. The predicted octanol–water partition coefficient (Wildman–Crippen LogP) is 6.29. The van der Waals surface area contributed by atoms with Gasteiger partial charge < -0.3 is 9.64 Å². The number of hydrogen-bond donors (Lipinski definition) is 0. The van der Waals surface area contributed by atoms with Gasteiger partial charge in [0.25, 0.3) is 0 Å². The molecule has 0 saturated carbocycles. The number of nitrogens with zero attached hydrogens (tertiary/aromatic N) is 5. The minimum Gasteiger partial charge on any atom is -0.377 e. The first-order valence-electron chi connectivity index (χ1n) is 12.9. The molecule has 1 aliphatic rings. The Kier molecular flexibility index (Phi) is 6.88. The van der Waals surface area contributed by atoms with Gasteiger partial charge in [0.15, 0.2) is 5.82 Å². The average molecular weight is 482 g/mol. The minimum absolute atomic E-state index is 0.229. The maximum absolute atomic E-state index is 5.75. The summed E-state index contributed by atoms with van der Waals surface area (Å²) < 4.78 is 7.65. The first-order valence-corrected chi connectivity index (χ1v) is 12.9. The zero-order valence-electron chi connectivity index (χ0n) is 21.9. The Morgan fingerprint density at radius 3 is 2.78 bits per heavy atom. The Balaban J connectivity index is 1.71. The molecule has 2 atom stereocenters. The standard InChI is InChI=1S/C30H35N5O/c1-6-20(2)10-12-24-21(3)8-7-9-25(24)29-32-27-13-11-23(28-14-15-31-34(28)5)18-26(27)30(33-29)35-16-17-36-19-22(35)4/h7-15,18,20,22H,6,16-17,19H2,1-5H3/b12-10-/t20?,22-/m1/s1. The molecule has 3 heterocycles. The number of rotatable bonds is 6. The Hall–Kier alpha value is -3.51. The highest BCUT2D eigenvalue weighted by atomic mass is 16.5. The molecule has 186 valence electrons. The highest BCUT2D eigenvalue weighted by Crippen LogP contribution is 2.34. The molecular weight excluding hydrogens is 446 g/mol. The molecule has 0 radical (unpaired) electrons. The lowest BCUT2D eigenvalue weighted by Crippen LogP contribution is -2.44. The van der Waals surface area contributed by atoms with Crippen LogP contribution in [-0.4, -0.2) is 45.5 Å². The smallest absolute Gasteiger partial charge is 0.162 e. The van der Waals surface area contributed by atoms with Crippen molar-refractivity contribution < 1.29 is 4.74 Å². The molecule has 1 fully saturated rings. The van der Waals surface area contributed by atoms with Gasteiger partial charge in [-0.25, -0.2) is 9.97 Å². The van der Waals surface area contributed by atoms with E-state index in [0.29, 0.717) is 19.1 Å². The quantitative estimate of drug-likeness (QED) is 0.324. The van der Waals surface area contributed by atoms with Crippen LogP contribution in [0, 0.1) is 12.8 Å². The number of ether oxygens (including phenoxy) is 1. The summed E-state index contributed by atoms with van der Waals surface area (Å²) >= 11 is 0. The van der Waals surface area contributed by atoms with Gasteiger partial charge in [-0.15, -0.1) is 0 Å². The van der Waals surface area contributed by atoms with Crippen molar-refractivity contribution in [1.29, 1.82) is 0 Å². The molecule has 0 amide bonds. The van der Waals surface area contributed by atoms with Crippen molar-refractivity contribution in [2.75, 3.05) is 24.7 Å². The SMILES string of the molecule is CCC(C)/C=C\c1c(C)cccc1-c1nc(N2CCOC[C@H]2C)c2cc(-c3ccnn3C)ccc2n1. The van der Waals surface area contributed by atoms with Crippen LogP contribution >= 0.6 is 0 Å². The molecule has 0 bridgehead atoms. The highest BCUT2D eigenvalue weighted by Gasteiger charge is 2.24. The van der Waals surface area contributed by atoms with Crippen molar-refractivity contribution in [3.63, 3.8) is 0 Å². The van der Waals surface area contributed by atoms with E-state index >= 15 is 0 Å². The topological polar surface area (TPSA) is 56.1 Å². The molecule has 1 unspecified atom stereocenters. The molecule has 1 aliphatic heterocycles. The second-order valence-electron chi connectivity index (χ2n) is 9.84. The van der Waals surface area contributed by atoms with Crippen LogP contribution in [0.15, 0.2) is 54.7 Å². The van der Waals surface area contributed by atoms with E-state index < -0.39 is 0 Å². The second-order valence-corrected chi connectivity index (χ2v) is 9.84. The first kappa shape index (κ1) is 24.2. The Bertz CT molecular complexity index is 1410.